The molecule has 0 aliphatic heterocycles. The molecule has 0 unspecified atom stereocenters. The quantitative estimate of drug-likeness (QED) is 0.530. The van der Waals surface area contributed by atoms with Crippen molar-refractivity contribution in [1.29, 1.82) is 0 Å². The first-order chi connectivity index (χ1) is 13.2. The van der Waals surface area contributed by atoms with Crippen LogP contribution in [0.2, 0.25) is 0 Å². The van der Waals surface area contributed by atoms with Crippen LogP contribution in [-0.2, 0) is 0 Å². The zero-order chi connectivity index (χ0) is 18.6. The molecule has 0 fully saturated rings. The minimum atomic E-state index is -0.279. The molecule has 4 aromatic rings. The van der Waals surface area contributed by atoms with E-state index in [0.29, 0.717) is 11.5 Å². The van der Waals surface area contributed by atoms with Gasteiger partial charge in [-0.1, -0.05) is 36.0 Å². The average molecular weight is 375 g/mol. The van der Waals surface area contributed by atoms with Crippen molar-refractivity contribution in [3.05, 3.63) is 79.3 Å². The lowest BCUT2D eigenvalue weighted by Crippen LogP contribution is -1.93. The second-order valence-corrected chi connectivity index (χ2v) is 6.76. The largest absolute Gasteiger partial charge is 0.382 e. The lowest BCUT2D eigenvalue weighted by molar-refractivity contribution is 0.628. The van der Waals surface area contributed by atoms with Crippen LogP contribution >= 0.6 is 11.8 Å². The average Bonchev–Trinajstić information content (AvgIpc) is 2.69. The first-order valence-electron chi connectivity index (χ1n) is 8.11. The molecule has 0 saturated heterocycles. The fourth-order valence-corrected chi connectivity index (χ4v) is 3.54. The van der Waals surface area contributed by atoms with E-state index in [2.05, 4.69) is 19.9 Å². The van der Waals surface area contributed by atoms with Gasteiger partial charge in [0.05, 0.1) is 18.1 Å². The first kappa shape index (κ1) is 17.1. The van der Waals surface area contributed by atoms with E-state index in [1.54, 1.807) is 18.5 Å². The summed E-state index contributed by atoms with van der Waals surface area (Å²) in [6, 6.07) is 14.2. The monoisotopic (exact) mass is 375 g/mol. The standard InChI is InChI=1S/C20H14FN5S/c21-15-3-1-2-13(8-15)16-5-4-14(17-10-25-19(22)11-24-17)9-18(16)27-20-6-7-23-12-26-20/h1-12H,(H2,22,25). The highest BCUT2D eigenvalue weighted by molar-refractivity contribution is 7.99. The van der Waals surface area contributed by atoms with Gasteiger partial charge in [-0.3, -0.25) is 4.98 Å². The van der Waals surface area contributed by atoms with Gasteiger partial charge in [-0.05, 0) is 35.4 Å². The van der Waals surface area contributed by atoms with Gasteiger partial charge in [-0.2, -0.15) is 0 Å². The van der Waals surface area contributed by atoms with E-state index in [1.807, 2.05) is 30.3 Å². The summed E-state index contributed by atoms with van der Waals surface area (Å²) in [6.07, 6.45) is 6.34. The van der Waals surface area contributed by atoms with Crippen molar-refractivity contribution in [3.63, 3.8) is 0 Å². The first-order valence-corrected chi connectivity index (χ1v) is 8.92. The molecule has 0 bridgehead atoms. The van der Waals surface area contributed by atoms with Crippen molar-refractivity contribution >= 4 is 17.6 Å². The van der Waals surface area contributed by atoms with Crippen LogP contribution in [0.1, 0.15) is 0 Å². The number of anilines is 1. The van der Waals surface area contributed by atoms with Crippen molar-refractivity contribution < 1.29 is 4.39 Å². The van der Waals surface area contributed by atoms with Crippen LogP contribution in [-0.4, -0.2) is 19.9 Å². The van der Waals surface area contributed by atoms with Gasteiger partial charge in [0.1, 0.15) is 23.0 Å². The zero-order valence-electron chi connectivity index (χ0n) is 14.1. The van der Waals surface area contributed by atoms with Crippen LogP contribution in [0.15, 0.2) is 83.4 Å². The van der Waals surface area contributed by atoms with Crippen molar-refractivity contribution in [2.45, 2.75) is 9.92 Å². The van der Waals surface area contributed by atoms with Crippen molar-refractivity contribution in [2.24, 2.45) is 0 Å². The molecule has 0 atom stereocenters. The number of nitrogens with two attached hydrogens (primary N) is 1. The minimum Gasteiger partial charge on any atom is -0.382 e. The van der Waals surface area contributed by atoms with Gasteiger partial charge in [-0.25, -0.2) is 19.3 Å². The molecule has 5 nitrogen and oxygen atoms in total. The van der Waals surface area contributed by atoms with Gasteiger partial charge in [0.2, 0.25) is 0 Å². The summed E-state index contributed by atoms with van der Waals surface area (Å²) in [4.78, 5) is 17.6. The van der Waals surface area contributed by atoms with Gasteiger partial charge in [-0.15, -0.1) is 0 Å². The van der Waals surface area contributed by atoms with Crippen LogP contribution in [0, 0.1) is 5.82 Å². The third kappa shape index (κ3) is 3.93. The molecule has 2 aromatic heterocycles. The predicted molar refractivity (Wildman–Crippen MR) is 103 cm³/mol. The molecule has 27 heavy (non-hydrogen) atoms. The highest BCUT2D eigenvalue weighted by Gasteiger charge is 2.11. The lowest BCUT2D eigenvalue weighted by atomic mass is 10.0. The Labute approximate surface area is 159 Å². The third-order valence-corrected chi connectivity index (χ3v) is 4.86. The number of rotatable bonds is 4. The molecule has 132 valence electrons. The molecule has 0 aliphatic carbocycles. The molecule has 0 amide bonds. The molecule has 0 saturated carbocycles. The van der Waals surface area contributed by atoms with Crippen LogP contribution in [0.5, 0.6) is 0 Å². The number of aromatic nitrogens is 4. The molecular weight excluding hydrogens is 361 g/mol. The SMILES string of the molecule is Nc1cnc(-c2ccc(-c3cccc(F)c3)c(Sc3ccncn3)c2)cn1. The van der Waals surface area contributed by atoms with Crippen LogP contribution < -0.4 is 5.73 Å². The zero-order valence-corrected chi connectivity index (χ0v) is 14.9. The predicted octanol–water partition coefficient (Wildman–Crippen LogP) is 4.47. The number of hydrogen-bond donors (Lipinski definition) is 1. The summed E-state index contributed by atoms with van der Waals surface area (Å²) in [6.45, 7) is 0. The lowest BCUT2D eigenvalue weighted by Gasteiger charge is -2.12. The van der Waals surface area contributed by atoms with Crippen LogP contribution in [0.3, 0.4) is 0 Å². The topological polar surface area (TPSA) is 77.6 Å². The maximum atomic E-state index is 13.7. The van der Waals surface area contributed by atoms with Gasteiger partial charge in [0, 0.05) is 16.7 Å². The molecule has 0 aliphatic rings. The molecular formula is C20H14FN5S. The highest BCUT2D eigenvalue weighted by Crippen LogP contribution is 2.37. The molecule has 2 heterocycles. The maximum absolute atomic E-state index is 13.7. The molecule has 0 radical (unpaired) electrons. The summed E-state index contributed by atoms with van der Waals surface area (Å²) in [5, 5.41) is 0.795. The van der Waals surface area contributed by atoms with E-state index in [0.717, 1.165) is 26.6 Å². The Kier molecular flexibility index (Phi) is 4.76. The minimum absolute atomic E-state index is 0.279. The summed E-state index contributed by atoms with van der Waals surface area (Å²) >= 11 is 1.48. The summed E-state index contributed by atoms with van der Waals surface area (Å²) < 4.78 is 13.7. The second-order valence-electron chi connectivity index (χ2n) is 5.70. The second kappa shape index (κ2) is 7.51. The van der Waals surface area contributed by atoms with E-state index >= 15 is 0 Å². The Morgan fingerprint density at radius 1 is 0.889 bits per heavy atom. The Morgan fingerprint density at radius 3 is 2.56 bits per heavy atom. The number of halogens is 1. The van der Waals surface area contributed by atoms with Crippen molar-refractivity contribution in [3.8, 4) is 22.4 Å². The van der Waals surface area contributed by atoms with Crippen molar-refractivity contribution in [2.75, 3.05) is 5.73 Å². The number of benzene rings is 2. The van der Waals surface area contributed by atoms with Gasteiger partial charge in [0.25, 0.3) is 0 Å². The Morgan fingerprint density at radius 2 is 1.81 bits per heavy atom. The highest BCUT2D eigenvalue weighted by atomic mass is 32.2. The summed E-state index contributed by atoms with van der Waals surface area (Å²) in [5.74, 6) is 0.0877. The Hall–Kier alpha value is -3.32. The van der Waals surface area contributed by atoms with E-state index < -0.39 is 0 Å². The Balaban J connectivity index is 1.81. The van der Waals surface area contributed by atoms with E-state index in [1.165, 1.54) is 36.4 Å². The van der Waals surface area contributed by atoms with E-state index in [-0.39, 0.29) is 5.82 Å². The van der Waals surface area contributed by atoms with E-state index in [4.69, 9.17) is 5.73 Å². The number of hydrogen-bond acceptors (Lipinski definition) is 6. The van der Waals surface area contributed by atoms with Gasteiger partial charge in [0.15, 0.2) is 0 Å². The van der Waals surface area contributed by atoms with Gasteiger partial charge >= 0.3 is 0 Å². The fraction of sp³-hybridized carbons (Fsp3) is 0. The molecule has 2 N–H and O–H groups in total. The van der Waals surface area contributed by atoms with Crippen molar-refractivity contribution in [1.82, 2.24) is 19.9 Å². The molecule has 7 heteroatoms. The maximum Gasteiger partial charge on any atom is 0.141 e. The van der Waals surface area contributed by atoms with Gasteiger partial charge < -0.3 is 5.73 Å². The Bertz CT molecular complexity index is 1070. The molecule has 0 spiro atoms. The number of nitrogen functional groups attached to an aromatic ring is 1. The summed E-state index contributed by atoms with van der Waals surface area (Å²) in [7, 11) is 0. The number of nitrogens with zero attached hydrogens (tertiary/aromatic N) is 4. The third-order valence-electron chi connectivity index (χ3n) is 3.85. The molecule has 4 rings (SSSR count). The fourth-order valence-electron chi connectivity index (χ4n) is 2.60. The summed E-state index contributed by atoms with van der Waals surface area (Å²) in [5.41, 5.74) is 8.92. The normalized spacial score (nSPS) is 10.7. The molecule has 2 aromatic carbocycles. The van der Waals surface area contributed by atoms with Crippen LogP contribution in [0.25, 0.3) is 22.4 Å². The van der Waals surface area contributed by atoms with E-state index in [9.17, 15) is 4.39 Å². The van der Waals surface area contributed by atoms with Crippen LogP contribution in [0.4, 0.5) is 10.2 Å². The smallest absolute Gasteiger partial charge is 0.141 e.